The van der Waals surface area contributed by atoms with E-state index in [1.165, 1.54) is 11.0 Å². The summed E-state index contributed by atoms with van der Waals surface area (Å²) in [5, 5.41) is 20.0. The number of carboxylic acids is 1. The minimum atomic E-state index is -0.826. The third-order valence-electron chi connectivity index (χ3n) is 4.03. The molecule has 1 N–H and O–H groups in total. The summed E-state index contributed by atoms with van der Waals surface area (Å²) in [6, 6.07) is 7.39. The van der Waals surface area contributed by atoms with Crippen LogP contribution in [-0.4, -0.2) is 55.2 Å². The second-order valence-corrected chi connectivity index (χ2v) is 5.61. The predicted octanol–water partition coefficient (Wildman–Crippen LogP) is 0.528. The molecule has 2 heterocycles. The van der Waals surface area contributed by atoms with Crippen molar-refractivity contribution in [2.24, 2.45) is 5.92 Å². The summed E-state index contributed by atoms with van der Waals surface area (Å²) in [5.74, 6) is -1.31. The average molecular weight is 315 g/mol. The van der Waals surface area contributed by atoms with Crippen molar-refractivity contribution in [1.82, 2.24) is 25.1 Å². The van der Waals surface area contributed by atoms with Gasteiger partial charge in [0.2, 0.25) is 5.91 Å². The van der Waals surface area contributed by atoms with Crippen LogP contribution in [0.1, 0.15) is 18.4 Å². The molecule has 1 atom stereocenters. The molecule has 0 saturated carbocycles. The summed E-state index contributed by atoms with van der Waals surface area (Å²) in [6.45, 7) is 0.933. The molecular formula is C15H17N5O3. The van der Waals surface area contributed by atoms with Crippen LogP contribution < -0.4 is 0 Å². The Balaban J connectivity index is 1.62. The van der Waals surface area contributed by atoms with Crippen LogP contribution in [0.2, 0.25) is 0 Å². The van der Waals surface area contributed by atoms with Gasteiger partial charge in [-0.15, -0.1) is 5.10 Å². The lowest BCUT2D eigenvalue weighted by Gasteiger charge is -2.30. The number of carboxylic acid groups (broad SMARTS) is 1. The highest BCUT2D eigenvalue weighted by Gasteiger charge is 2.27. The molecule has 120 valence electrons. The molecule has 1 amide bonds. The smallest absolute Gasteiger partial charge is 0.308 e. The zero-order valence-corrected chi connectivity index (χ0v) is 12.5. The Labute approximate surface area is 132 Å². The minimum absolute atomic E-state index is 0.0360. The van der Waals surface area contributed by atoms with E-state index in [-0.39, 0.29) is 12.3 Å². The number of nitrogens with zero attached hydrogens (tertiary/aromatic N) is 5. The van der Waals surface area contributed by atoms with Crippen LogP contribution in [0.3, 0.4) is 0 Å². The number of likely N-dealkylation sites (tertiary alicyclic amines) is 1. The molecule has 3 rings (SSSR count). The van der Waals surface area contributed by atoms with Gasteiger partial charge >= 0.3 is 5.97 Å². The number of hydrogen-bond acceptors (Lipinski definition) is 5. The molecule has 0 spiro atoms. The van der Waals surface area contributed by atoms with Gasteiger partial charge in [0, 0.05) is 13.1 Å². The van der Waals surface area contributed by atoms with E-state index < -0.39 is 11.9 Å². The van der Waals surface area contributed by atoms with Crippen LogP contribution in [0.4, 0.5) is 0 Å². The van der Waals surface area contributed by atoms with Crippen LogP contribution in [-0.2, 0) is 16.0 Å². The molecular weight excluding hydrogens is 298 g/mol. The third kappa shape index (κ3) is 3.53. The fourth-order valence-corrected chi connectivity index (χ4v) is 2.74. The van der Waals surface area contributed by atoms with Gasteiger partial charge < -0.3 is 10.0 Å². The Bertz CT molecular complexity index is 684. The largest absolute Gasteiger partial charge is 0.481 e. The van der Waals surface area contributed by atoms with Crippen LogP contribution >= 0.6 is 0 Å². The van der Waals surface area contributed by atoms with Gasteiger partial charge in [0.1, 0.15) is 6.33 Å². The van der Waals surface area contributed by atoms with E-state index in [4.69, 9.17) is 5.11 Å². The van der Waals surface area contributed by atoms with Gasteiger partial charge in [-0.3, -0.25) is 9.59 Å². The first-order chi connectivity index (χ1) is 11.1. The molecule has 1 aromatic carbocycles. The predicted molar refractivity (Wildman–Crippen MR) is 79.8 cm³/mol. The van der Waals surface area contributed by atoms with Crippen LogP contribution in [0, 0.1) is 5.92 Å². The van der Waals surface area contributed by atoms with Crippen LogP contribution in [0.15, 0.2) is 30.6 Å². The van der Waals surface area contributed by atoms with Gasteiger partial charge in [0.15, 0.2) is 0 Å². The summed E-state index contributed by atoms with van der Waals surface area (Å²) >= 11 is 0. The van der Waals surface area contributed by atoms with E-state index in [2.05, 4.69) is 15.5 Å². The SMILES string of the molecule is O=C(O)C1CCCN(C(=O)Cc2ccc(-n3cnnn3)cc2)C1. The molecule has 1 aliphatic heterocycles. The molecule has 1 aromatic heterocycles. The summed E-state index contributed by atoms with van der Waals surface area (Å²) in [4.78, 5) is 25.1. The van der Waals surface area contributed by atoms with Crippen LogP contribution in [0.25, 0.3) is 5.69 Å². The lowest BCUT2D eigenvalue weighted by Crippen LogP contribution is -2.42. The summed E-state index contributed by atoms with van der Waals surface area (Å²) in [5.41, 5.74) is 1.69. The molecule has 1 aliphatic rings. The molecule has 0 bridgehead atoms. The number of tetrazole rings is 1. The van der Waals surface area contributed by atoms with Crippen molar-refractivity contribution in [3.05, 3.63) is 36.2 Å². The van der Waals surface area contributed by atoms with Crippen molar-refractivity contribution >= 4 is 11.9 Å². The Morgan fingerprint density at radius 3 is 2.70 bits per heavy atom. The van der Waals surface area contributed by atoms with Crippen molar-refractivity contribution in [3.8, 4) is 5.69 Å². The molecule has 1 unspecified atom stereocenters. The average Bonchev–Trinajstić information content (AvgIpc) is 3.10. The first-order valence-corrected chi connectivity index (χ1v) is 7.46. The van der Waals surface area contributed by atoms with Crippen molar-refractivity contribution in [2.45, 2.75) is 19.3 Å². The lowest BCUT2D eigenvalue weighted by molar-refractivity contribution is -0.145. The first-order valence-electron chi connectivity index (χ1n) is 7.46. The Hall–Kier alpha value is -2.77. The second kappa shape index (κ2) is 6.55. The number of rotatable bonds is 4. The minimum Gasteiger partial charge on any atom is -0.481 e. The fourth-order valence-electron chi connectivity index (χ4n) is 2.74. The highest BCUT2D eigenvalue weighted by Crippen LogP contribution is 2.18. The van der Waals surface area contributed by atoms with Gasteiger partial charge in [0.25, 0.3) is 0 Å². The number of aliphatic carboxylic acids is 1. The van der Waals surface area contributed by atoms with Crippen molar-refractivity contribution < 1.29 is 14.7 Å². The first kappa shape index (κ1) is 15.1. The third-order valence-corrected chi connectivity index (χ3v) is 4.03. The van der Waals surface area contributed by atoms with Crippen LogP contribution in [0.5, 0.6) is 0 Å². The molecule has 1 saturated heterocycles. The van der Waals surface area contributed by atoms with Crippen molar-refractivity contribution in [2.75, 3.05) is 13.1 Å². The molecule has 8 nitrogen and oxygen atoms in total. The summed E-state index contributed by atoms with van der Waals surface area (Å²) in [6.07, 6.45) is 3.14. The molecule has 1 fully saturated rings. The summed E-state index contributed by atoms with van der Waals surface area (Å²) < 4.78 is 1.54. The zero-order chi connectivity index (χ0) is 16.2. The van der Waals surface area contributed by atoms with Gasteiger partial charge in [-0.1, -0.05) is 12.1 Å². The standard InChI is InChI=1S/C15H17N5O3/c21-14(19-7-1-2-12(9-19)15(22)23)8-11-3-5-13(6-4-11)20-10-16-17-18-20/h3-6,10,12H,1-2,7-9H2,(H,22,23). The topological polar surface area (TPSA) is 101 Å². The maximum Gasteiger partial charge on any atom is 0.308 e. The number of aromatic nitrogens is 4. The van der Waals surface area contributed by atoms with E-state index >= 15 is 0 Å². The zero-order valence-electron chi connectivity index (χ0n) is 12.5. The number of benzene rings is 1. The van der Waals surface area contributed by atoms with Gasteiger partial charge in [-0.25, -0.2) is 4.68 Å². The molecule has 0 radical (unpaired) electrons. The number of amides is 1. The van der Waals surface area contributed by atoms with E-state index in [1.54, 1.807) is 4.90 Å². The van der Waals surface area contributed by atoms with E-state index in [0.717, 1.165) is 17.7 Å². The highest BCUT2D eigenvalue weighted by atomic mass is 16.4. The van der Waals surface area contributed by atoms with Crippen molar-refractivity contribution in [1.29, 1.82) is 0 Å². The summed E-state index contributed by atoms with van der Waals surface area (Å²) in [7, 11) is 0. The van der Waals surface area contributed by atoms with Gasteiger partial charge in [-0.05, 0) is 41.0 Å². The highest BCUT2D eigenvalue weighted by molar-refractivity contribution is 5.80. The number of carbonyl (C=O) groups excluding carboxylic acids is 1. The Kier molecular flexibility index (Phi) is 4.31. The maximum atomic E-state index is 12.3. The monoisotopic (exact) mass is 315 g/mol. The van der Waals surface area contributed by atoms with Gasteiger partial charge in [-0.2, -0.15) is 0 Å². The quantitative estimate of drug-likeness (QED) is 0.883. The Morgan fingerprint density at radius 1 is 1.26 bits per heavy atom. The maximum absolute atomic E-state index is 12.3. The number of carbonyl (C=O) groups is 2. The van der Waals surface area contributed by atoms with Crippen molar-refractivity contribution in [3.63, 3.8) is 0 Å². The number of hydrogen-bond donors (Lipinski definition) is 1. The molecule has 0 aliphatic carbocycles. The molecule has 23 heavy (non-hydrogen) atoms. The normalized spacial score (nSPS) is 17.9. The number of piperidine rings is 1. The van der Waals surface area contributed by atoms with Gasteiger partial charge in [0.05, 0.1) is 18.0 Å². The van der Waals surface area contributed by atoms with E-state index in [9.17, 15) is 9.59 Å². The Morgan fingerprint density at radius 2 is 2.04 bits per heavy atom. The lowest BCUT2D eigenvalue weighted by atomic mass is 9.97. The molecule has 8 heteroatoms. The fraction of sp³-hybridized carbons (Fsp3) is 0.400. The second-order valence-electron chi connectivity index (χ2n) is 5.61. The molecule has 2 aromatic rings. The van der Waals surface area contributed by atoms with E-state index in [1.807, 2.05) is 24.3 Å². The van der Waals surface area contributed by atoms with E-state index in [0.29, 0.717) is 19.5 Å².